The van der Waals surface area contributed by atoms with Crippen molar-refractivity contribution in [1.29, 1.82) is 5.26 Å². The first kappa shape index (κ1) is 15.6. The summed E-state index contributed by atoms with van der Waals surface area (Å²) in [6.45, 7) is 1.86. The van der Waals surface area contributed by atoms with Gasteiger partial charge in [0.1, 0.15) is 0 Å². The molecular formula is C20H20ClN3. The predicted octanol–water partition coefficient (Wildman–Crippen LogP) is 3.83. The average Bonchev–Trinajstić information content (AvgIpc) is 2.85. The van der Waals surface area contributed by atoms with Gasteiger partial charge >= 0.3 is 0 Å². The quantitative estimate of drug-likeness (QED) is 0.854. The van der Waals surface area contributed by atoms with Crippen LogP contribution in [0.3, 0.4) is 0 Å². The molecule has 4 heteroatoms. The van der Waals surface area contributed by atoms with Crippen molar-refractivity contribution in [2.24, 2.45) is 5.92 Å². The van der Waals surface area contributed by atoms with Crippen molar-refractivity contribution >= 4 is 11.6 Å². The largest absolute Gasteiger partial charge is 0.298 e. The molecule has 0 amide bonds. The maximum absolute atomic E-state index is 9.98. The van der Waals surface area contributed by atoms with Gasteiger partial charge in [0.2, 0.25) is 0 Å². The van der Waals surface area contributed by atoms with Crippen molar-refractivity contribution in [2.45, 2.75) is 30.7 Å². The maximum atomic E-state index is 9.98. The van der Waals surface area contributed by atoms with E-state index in [1.165, 1.54) is 12.0 Å². The number of fused-ring (bicyclic) bond motifs is 2. The molecule has 4 unspecified atom stereocenters. The Balaban J connectivity index is 1.60. The third kappa shape index (κ3) is 2.70. The Morgan fingerprint density at radius 2 is 2.12 bits per heavy atom. The van der Waals surface area contributed by atoms with Crippen molar-refractivity contribution in [3.8, 4) is 6.07 Å². The molecule has 2 aliphatic rings. The van der Waals surface area contributed by atoms with Gasteiger partial charge in [0, 0.05) is 25.0 Å². The third-order valence-electron chi connectivity index (χ3n) is 5.64. The lowest BCUT2D eigenvalue weighted by Crippen LogP contribution is -2.50. The monoisotopic (exact) mass is 337 g/mol. The molecule has 4 atom stereocenters. The lowest BCUT2D eigenvalue weighted by atomic mass is 9.70. The van der Waals surface area contributed by atoms with Crippen LogP contribution in [0.4, 0.5) is 0 Å². The van der Waals surface area contributed by atoms with Crippen LogP contribution in [0.5, 0.6) is 0 Å². The standard InChI is InChI=1S/C20H20ClN3/c21-18-9-17(11-23-12-18)20(13-22)10-16-6-7-24(14-20)19(16)8-15-4-2-1-3-5-15/h1-5,9,11-12,16,19H,6-8,10,14H2. The Kier molecular flexibility index (Phi) is 4.04. The van der Waals surface area contributed by atoms with Gasteiger partial charge in [-0.25, -0.2) is 0 Å². The van der Waals surface area contributed by atoms with Crippen molar-refractivity contribution in [3.05, 3.63) is 64.9 Å². The van der Waals surface area contributed by atoms with E-state index < -0.39 is 5.41 Å². The van der Waals surface area contributed by atoms with Crippen molar-refractivity contribution in [3.63, 3.8) is 0 Å². The van der Waals surface area contributed by atoms with E-state index >= 15 is 0 Å². The first-order valence-electron chi connectivity index (χ1n) is 8.50. The summed E-state index contributed by atoms with van der Waals surface area (Å²) in [5.74, 6) is 0.553. The molecular weight excluding hydrogens is 318 g/mol. The summed E-state index contributed by atoms with van der Waals surface area (Å²) in [4.78, 5) is 6.71. The first-order valence-corrected chi connectivity index (χ1v) is 8.88. The van der Waals surface area contributed by atoms with Crippen LogP contribution in [0.25, 0.3) is 0 Å². The molecule has 2 fully saturated rings. The topological polar surface area (TPSA) is 39.9 Å². The molecule has 2 saturated heterocycles. The minimum atomic E-state index is -0.480. The van der Waals surface area contributed by atoms with E-state index in [0.29, 0.717) is 17.0 Å². The molecule has 0 radical (unpaired) electrons. The number of piperidine rings is 1. The molecule has 3 heterocycles. The maximum Gasteiger partial charge on any atom is 0.0967 e. The summed E-state index contributed by atoms with van der Waals surface area (Å²) in [5, 5.41) is 10.6. The Morgan fingerprint density at radius 3 is 2.83 bits per heavy atom. The molecule has 1 aromatic carbocycles. The fourth-order valence-electron chi connectivity index (χ4n) is 4.46. The second kappa shape index (κ2) is 6.20. The summed E-state index contributed by atoms with van der Waals surface area (Å²) in [6, 6.07) is 15.7. The Labute approximate surface area is 147 Å². The highest BCUT2D eigenvalue weighted by atomic mass is 35.5. The zero-order valence-electron chi connectivity index (χ0n) is 13.5. The summed E-state index contributed by atoms with van der Waals surface area (Å²) in [5.41, 5.74) is 1.87. The average molecular weight is 338 g/mol. The zero-order chi connectivity index (χ0) is 16.6. The fraction of sp³-hybridized carbons (Fsp3) is 0.400. The van der Waals surface area contributed by atoms with Crippen LogP contribution in [0.2, 0.25) is 5.02 Å². The van der Waals surface area contributed by atoms with E-state index in [1.807, 2.05) is 12.3 Å². The van der Waals surface area contributed by atoms with Crippen LogP contribution in [0.1, 0.15) is 24.0 Å². The minimum absolute atomic E-state index is 0.480. The first-order chi connectivity index (χ1) is 11.7. The van der Waals surface area contributed by atoms with E-state index in [-0.39, 0.29) is 0 Å². The van der Waals surface area contributed by atoms with E-state index in [9.17, 15) is 5.26 Å². The van der Waals surface area contributed by atoms with Gasteiger partial charge in [-0.15, -0.1) is 0 Å². The SMILES string of the molecule is N#CC1(c2cncc(Cl)c2)CC2CCN(C1)C2Cc1ccccc1. The summed E-state index contributed by atoms with van der Waals surface area (Å²) in [7, 11) is 0. The minimum Gasteiger partial charge on any atom is -0.298 e. The summed E-state index contributed by atoms with van der Waals surface area (Å²) >= 11 is 6.12. The Hall–Kier alpha value is -1.89. The highest BCUT2D eigenvalue weighted by Gasteiger charge is 2.49. The number of benzene rings is 1. The zero-order valence-corrected chi connectivity index (χ0v) is 14.3. The van der Waals surface area contributed by atoms with Crippen molar-refractivity contribution in [2.75, 3.05) is 13.1 Å². The molecule has 4 rings (SSSR count). The third-order valence-corrected chi connectivity index (χ3v) is 5.85. The van der Waals surface area contributed by atoms with Crippen LogP contribution in [0, 0.1) is 17.2 Å². The number of aromatic nitrogens is 1. The lowest BCUT2D eigenvalue weighted by Gasteiger charge is -2.42. The second-order valence-corrected chi connectivity index (χ2v) is 7.50. The van der Waals surface area contributed by atoms with Crippen molar-refractivity contribution in [1.82, 2.24) is 9.88 Å². The number of pyridine rings is 1. The highest BCUT2D eigenvalue weighted by Crippen LogP contribution is 2.45. The molecule has 2 aromatic rings. The number of halogens is 1. The van der Waals surface area contributed by atoms with Gasteiger partial charge in [0.25, 0.3) is 0 Å². The normalized spacial score (nSPS) is 31.6. The van der Waals surface area contributed by atoms with Gasteiger partial charge in [-0.2, -0.15) is 5.26 Å². The molecule has 0 saturated carbocycles. The van der Waals surface area contributed by atoms with E-state index in [4.69, 9.17) is 11.6 Å². The molecule has 122 valence electrons. The molecule has 2 bridgehead atoms. The molecule has 24 heavy (non-hydrogen) atoms. The van der Waals surface area contributed by atoms with Crippen molar-refractivity contribution < 1.29 is 0 Å². The molecule has 2 aliphatic heterocycles. The number of hydrogen-bond donors (Lipinski definition) is 0. The molecule has 1 aromatic heterocycles. The second-order valence-electron chi connectivity index (χ2n) is 7.07. The molecule has 0 aliphatic carbocycles. The number of rotatable bonds is 3. The van der Waals surface area contributed by atoms with Gasteiger partial charge in [0.05, 0.1) is 16.5 Å². The van der Waals surface area contributed by atoms with Gasteiger partial charge in [-0.1, -0.05) is 41.9 Å². The van der Waals surface area contributed by atoms with Gasteiger partial charge in [-0.3, -0.25) is 9.88 Å². The van der Waals surface area contributed by atoms with E-state index in [0.717, 1.165) is 31.5 Å². The fourth-order valence-corrected chi connectivity index (χ4v) is 4.63. The van der Waals surface area contributed by atoms with E-state index in [1.54, 1.807) is 6.20 Å². The lowest BCUT2D eigenvalue weighted by molar-refractivity contribution is 0.128. The van der Waals surface area contributed by atoms with Crippen LogP contribution < -0.4 is 0 Å². The molecule has 3 nitrogen and oxygen atoms in total. The van der Waals surface area contributed by atoms with Crippen LogP contribution in [-0.2, 0) is 11.8 Å². The smallest absolute Gasteiger partial charge is 0.0967 e. The van der Waals surface area contributed by atoms with Gasteiger partial charge in [0.15, 0.2) is 0 Å². The van der Waals surface area contributed by atoms with E-state index in [2.05, 4.69) is 46.3 Å². The van der Waals surface area contributed by atoms with Gasteiger partial charge in [-0.05, 0) is 48.9 Å². The molecule has 0 spiro atoms. The number of hydrogen-bond acceptors (Lipinski definition) is 3. The van der Waals surface area contributed by atoms with Gasteiger partial charge < -0.3 is 0 Å². The summed E-state index contributed by atoms with van der Waals surface area (Å²) < 4.78 is 0. The Bertz CT molecular complexity index is 754. The summed E-state index contributed by atoms with van der Waals surface area (Å²) in [6.07, 6.45) is 6.59. The number of nitriles is 1. The highest BCUT2D eigenvalue weighted by molar-refractivity contribution is 6.30. The van der Waals surface area contributed by atoms with Crippen LogP contribution in [-0.4, -0.2) is 29.0 Å². The van der Waals surface area contributed by atoms with Crippen LogP contribution >= 0.6 is 11.6 Å². The predicted molar refractivity (Wildman–Crippen MR) is 94.8 cm³/mol. The van der Waals surface area contributed by atoms with Crippen LogP contribution in [0.15, 0.2) is 48.8 Å². The Morgan fingerprint density at radius 1 is 1.29 bits per heavy atom. The molecule has 0 N–H and O–H groups in total. The number of nitrogens with zero attached hydrogens (tertiary/aromatic N) is 3.